The van der Waals surface area contributed by atoms with Crippen LogP contribution in [-0.2, 0) is 0 Å². The number of aryl methyl sites for hydroxylation is 2. The number of nitrogens with one attached hydrogen (secondary N) is 1. The number of nitrogens with zero attached hydrogens (tertiary/aromatic N) is 3. The van der Waals surface area contributed by atoms with E-state index in [0.717, 1.165) is 63.5 Å². The highest BCUT2D eigenvalue weighted by Crippen LogP contribution is 2.36. The SMILES string of the molecule is COc1ccc(NC(=O)N2CCN(c3ccc(C)cc3C)CC2)cc1C1CCN(C(C)C)CC1. The van der Waals surface area contributed by atoms with E-state index in [1.807, 2.05) is 17.0 Å². The van der Waals surface area contributed by atoms with Crippen molar-refractivity contribution in [1.29, 1.82) is 0 Å². The smallest absolute Gasteiger partial charge is 0.321 e. The molecule has 0 bridgehead atoms. The molecule has 2 fully saturated rings. The van der Waals surface area contributed by atoms with Crippen molar-refractivity contribution in [2.45, 2.75) is 52.5 Å². The second-order valence-corrected chi connectivity index (χ2v) is 10.1. The van der Waals surface area contributed by atoms with Gasteiger partial charge in [0, 0.05) is 43.6 Å². The van der Waals surface area contributed by atoms with Gasteiger partial charge < -0.3 is 24.8 Å². The summed E-state index contributed by atoms with van der Waals surface area (Å²) in [5.74, 6) is 1.38. The summed E-state index contributed by atoms with van der Waals surface area (Å²) in [6, 6.07) is 13.2. The van der Waals surface area contributed by atoms with Gasteiger partial charge in [0.05, 0.1) is 7.11 Å². The Hall–Kier alpha value is -2.73. The molecule has 0 radical (unpaired) electrons. The van der Waals surface area contributed by atoms with E-state index in [1.165, 1.54) is 22.4 Å². The fraction of sp³-hybridized carbons (Fsp3) is 0.536. The van der Waals surface area contributed by atoms with Crippen LogP contribution in [0, 0.1) is 13.8 Å². The lowest BCUT2D eigenvalue weighted by molar-refractivity contribution is 0.171. The van der Waals surface area contributed by atoms with E-state index < -0.39 is 0 Å². The molecule has 2 amide bonds. The molecule has 184 valence electrons. The van der Waals surface area contributed by atoms with Crippen molar-refractivity contribution in [3.63, 3.8) is 0 Å². The summed E-state index contributed by atoms with van der Waals surface area (Å²) in [5.41, 5.74) is 5.91. The summed E-state index contributed by atoms with van der Waals surface area (Å²) in [6.45, 7) is 14.1. The Kier molecular flexibility index (Phi) is 7.67. The highest BCUT2D eigenvalue weighted by Gasteiger charge is 2.26. The number of benzene rings is 2. The van der Waals surface area contributed by atoms with E-state index in [0.29, 0.717) is 12.0 Å². The number of ether oxygens (including phenoxy) is 1. The number of carbonyl (C=O) groups excluding carboxylic acids is 1. The monoisotopic (exact) mass is 464 g/mol. The maximum Gasteiger partial charge on any atom is 0.321 e. The number of rotatable bonds is 5. The lowest BCUT2D eigenvalue weighted by Crippen LogP contribution is -2.50. The fourth-order valence-electron chi connectivity index (χ4n) is 5.37. The minimum atomic E-state index is -0.0222. The predicted molar refractivity (Wildman–Crippen MR) is 140 cm³/mol. The van der Waals surface area contributed by atoms with Crippen molar-refractivity contribution >= 4 is 17.4 Å². The molecule has 0 spiro atoms. The van der Waals surface area contributed by atoms with Crippen LogP contribution >= 0.6 is 0 Å². The lowest BCUT2D eigenvalue weighted by Gasteiger charge is -2.37. The number of carbonyl (C=O) groups is 1. The molecule has 2 saturated heterocycles. The average Bonchev–Trinajstić information content (AvgIpc) is 2.84. The Balaban J connectivity index is 1.37. The number of anilines is 2. The van der Waals surface area contributed by atoms with Crippen LogP contribution < -0.4 is 15.0 Å². The first kappa shape index (κ1) is 24.4. The van der Waals surface area contributed by atoms with Crippen LogP contribution in [0.5, 0.6) is 5.75 Å². The second kappa shape index (κ2) is 10.7. The molecule has 2 aliphatic heterocycles. The molecule has 1 N–H and O–H groups in total. The maximum absolute atomic E-state index is 13.0. The van der Waals surface area contributed by atoms with E-state index in [-0.39, 0.29) is 6.03 Å². The molecule has 4 rings (SSSR count). The van der Waals surface area contributed by atoms with Crippen LogP contribution in [-0.4, -0.2) is 68.3 Å². The van der Waals surface area contributed by atoms with Crippen molar-refractivity contribution in [2.75, 3.05) is 56.6 Å². The van der Waals surface area contributed by atoms with Crippen molar-refractivity contribution < 1.29 is 9.53 Å². The van der Waals surface area contributed by atoms with Gasteiger partial charge in [-0.25, -0.2) is 4.79 Å². The highest BCUT2D eigenvalue weighted by molar-refractivity contribution is 5.89. The summed E-state index contributed by atoms with van der Waals surface area (Å²) in [6.07, 6.45) is 2.23. The number of piperidine rings is 1. The molecule has 0 aromatic heterocycles. The third-order valence-corrected chi connectivity index (χ3v) is 7.44. The summed E-state index contributed by atoms with van der Waals surface area (Å²) in [7, 11) is 1.73. The van der Waals surface area contributed by atoms with E-state index in [9.17, 15) is 4.79 Å². The first-order valence-corrected chi connectivity index (χ1v) is 12.7. The Morgan fingerprint density at radius 3 is 2.29 bits per heavy atom. The van der Waals surface area contributed by atoms with Crippen LogP contribution in [0.1, 0.15) is 49.3 Å². The molecular weight excluding hydrogens is 424 g/mol. The van der Waals surface area contributed by atoms with Gasteiger partial charge in [0.2, 0.25) is 0 Å². The number of piperazine rings is 1. The topological polar surface area (TPSA) is 48.1 Å². The largest absolute Gasteiger partial charge is 0.496 e. The third kappa shape index (κ3) is 5.49. The molecule has 0 aliphatic carbocycles. The highest BCUT2D eigenvalue weighted by atomic mass is 16.5. The third-order valence-electron chi connectivity index (χ3n) is 7.44. The number of urea groups is 1. The first-order chi connectivity index (χ1) is 16.4. The zero-order valence-corrected chi connectivity index (χ0v) is 21.4. The maximum atomic E-state index is 13.0. The molecule has 2 heterocycles. The van der Waals surface area contributed by atoms with Gasteiger partial charge in [-0.15, -0.1) is 0 Å². The standard InChI is InChI=1S/C28H40N4O2/c1-20(2)30-12-10-23(11-13-30)25-19-24(7-9-27(25)34-5)29-28(33)32-16-14-31(15-17-32)26-8-6-21(3)18-22(26)4/h6-9,18-20,23H,10-17H2,1-5H3,(H,29,33). The minimum Gasteiger partial charge on any atom is -0.496 e. The Morgan fingerprint density at radius 1 is 0.971 bits per heavy atom. The van der Waals surface area contributed by atoms with Gasteiger partial charge in [-0.2, -0.15) is 0 Å². The number of hydrogen-bond acceptors (Lipinski definition) is 4. The van der Waals surface area contributed by atoms with Crippen molar-refractivity contribution in [2.24, 2.45) is 0 Å². The van der Waals surface area contributed by atoms with Crippen molar-refractivity contribution in [3.05, 3.63) is 53.1 Å². The number of methoxy groups -OCH3 is 1. The van der Waals surface area contributed by atoms with Crippen LogP contribution in [0.15, 0.2) is 36.4 Å². The average molecular weight is 465 g/mol. The fourth-order valence-corrected chi connectivity index (χ4v) is 5.37. The van der Waals surface area contributed by atoms with E-state index in [4.69, 9.17) is 4.74 Å². The molecule has 2 aromatic carbocycles. The van der Waals surface area contributed by atoms with Crippen LogP contribution in [0.3, 0.4) is 0 Å². The van der Waals surface area contributed by atoms with Gasteiger partial charge in [0.15, 0.2) is 0 Å². The molecule has 2 aliphatic rings. The van der Waals surface area contributed by atoms with Gasteiger partial charge in [0.1, 0.15) is 5.75 Å². The number of amides is 2. The molecule has 0 unspecified atom stereocenters. The zero-order valence-electron chi connectivity index (χ0n) is 21.4. The first-order valence-electron chi connectivity index (χ1n) is 12.7. The quantitative estimate of drug-likeness (QED) is 0.656. The van der Waals surface area contributed by atoms with E-state index in [2.05, 4.69) is 67.1 Å². The zero-order chi connectivity index (χ0) is 24.2. The van der Waals surface area contributed by atoms with Crippen LogP contribution in [0.25, 0.3) is 0 Å². The lowest BCUT2D eigenvalue weighted by atomic mass is 9.88. The normalized spacial score (nSPS) is 17.8. The van der Waals surface area contributed by atoms with Gasteiger partial charge in [-0.1, -0.05) is 17.7 Å². The van der Waals surface area contributed by atoms with Gasteiger partial charge >= 0.3 is 6.03 Å². The number of hydrogen-bond donors (Lipinski definition) is 1. The second-order valence-electron chi connectivity index (χ2n) is 10.1. The molecular formula is C28H40N4O2. The summed E-state index contributed by atoms with van der Waals surface area (Å²) in [5, 5.41) is 3.15. The molecule has 2 aromatic rings. The molecule has 6 heteroatoms. The Labute approximate surface area is 204 Å². The number of likely N-dealkylation sites (tertiary alicyclic amines) is 1. The van der Waals surface area contributed by atoms with Gasteiger partial charge in [-0.05, 0) is 94.9 Å². The van der Waals surface area contributed by atoms with E-state index in [1.54, 1.807) is 7.11 Å². The van der Waals surface area contributed by atoms with Crippen LogP contribution in [0.2, 0.25) is 0 Å². The van der Waals surface area contributed by atoms with Crippen molar-refractivity contribution in [3.8, 4) is 5.75 Å². The van der Waals surface area contributed by atoms with Crippen LogP contribution in [0.4, 0.5) is 16.2 Å². The summed E-state index contributed by atoms with van der Waals surface area (Å²) >= 11 is 0. The summed E-state index contributed by atoms with van der Waals surface area (Å²) in [4.78, 5) is 19.9. The van der Waals surface area contributed by atoms with Crippen molar-refractivity contribution in [1.82, 2.24) is 9.80 Å². The minimum absolute atomic E-state index is 0.0222. The summed E-state index contributed by atoms with van der Waals surface area (Å²) < 4.78 is 5.68. The van der Waals surface area contributed by atoms with Gasteiger partial charge in [0.25, 0.3) is 0 Å². The molecule has 6 nitrogen and oxygen atoms in total. The Morgan fingerprint density at radius 2 is 1.68 bits per heavy atom. The molecule has 0 atom stereocenters. The molecule has 34 heavy (non-hydrogen) atoms. The predicted octanol–water partition coefficient (Wildman–Crippen LogP) is 5.25. The van der Waals surface area contributed by atoms with E-state index >= 15 is 0 Å². The Bertz CT molecular complexity index is 990. The van der Waals surface area contributed by atoms with Gasteiger partial charge in [-0.3, -0.25) is 0 Å². The molecule has 0 saturated carbocycles.